The van der Waals surface area contributed by atoms with E-state index >= 15 is 0 Å². The van der Waals surface area contributed by atoms with E-state index in [1.54, 1.807) is 19.0 Å². The molecule has 0 radical (unpaired) electrons. The summed E-state index contributed by atoms with van der Waals surface area (Å²) >= 11 is 0. The molecule has 2 heterocycles. The molecule has 2 aliphatic rings. The molecule has 5 N–H and O–H groups in total. The van der Waals surface area contributed by atoms with Crippen molar-refractivity contribution in [2.24, 2.45) is 22.5 Å². The number of likely N-dealkylation sites (N-methyl/N-ethyl adjacent to an activating group) is 1. The Bertz CT molecular complexity index is 943. The lowest BCUT2D eigenvalue weighted by atomic mass is 10.1. The molecule has 1 aromatic rings. The van der Waals surface area contributed by atoms with Crippen molar-refractivity contribution in [1.82, 2.24) is 14.8 Å². The second kappa shape index (κ2) is 13.9. The van der Waals surface area contributed by atoms with Gasteiger partial charge in [0, 0.05) is 32.9 Å². The number of nitrogens with one attached hydrogen (secondary N) is 1. The van der Waals surface area contributed by atoms with E-state index in [0.717, 1.165) is 75.1 Å². The van der Waals surface area contributed by atoms with E-state index in [1.165, 1.54) is 18.0 Å². The largest absolute Gasteiger partial charge is 0.404 e. The Hall–Kier alpha value is -2.98. The van der Waals surface area contributed by atoms with Crippen molar-refractivity contribution in [1.29, 1.82) is 0 Å². The summed E-state index contributed by atoms with van der Waals surface area (Å²) in [5.41, 5.74) is 14.9. The zero-order chi connectivity index (χ0) is 25.9. The number of hydrogen-bond acceptors (Lipinski definition) is 9. The molecular formula is C26H41N7O3. The number of fused-ring (bicyclic) bond motifs is 1. The lowest BCUT2D eigenvalue weighted by Gasteiger charge is -2.24. The maximum absolute atomic E-state index is 12.3. The van der Waals surface area contributed by atoms with Crippen molar-refractivity contribution in [3.8, 4) is 0 Å². The number of pyridine rings is 1. The minimum Gasteiger partial charge on any atom is -0.404 e. The van der Waals surface area contributed by atoms with E-state index in [9.17, 15) is 9.59 Å². The molecule has 1 fully saturated rings. The number of nitrogens with two attached hydrogens (primary N) is 2. The molecule has 1 aliphatic heterocycles. The Balaban J connectivity index is 1.43. The van der Waals surface area contributed by atoms with E-state index in [1.807, 2.05) is 4.90 Å². The Morgan fingerprint density at radius 2 is 2.08 bits per heavy atom. The van der Waals surface area contributed by atoms with Crippen LogP contribution in [0.15, 0.2) is 29.1 Å². The van der Waals surface area contributed by atoms with Crippen molar-refractivity contribution in [2.75, 3.05) is 45.6 Å². The molecular weight excluding hydrogens is 458 g/mol. The number of rotatable bonds is 14. The third-order valence-corrected chi connectivity index (χ3v) is 6.61. The fraction of sp³-hybridized carbons (Fsp3) is 0.615. The number of aryl methyl sites for hydroxylation is 2. The van der Waals surface area contributed by atoms with Gasteiger partial charge in [0.15, 0.2) is 0 Å². The third-order valence-electron chi connectivity index (χ3n) is 6.61. The second-order valence-electron chi connectivity index (χ2n) is 9.84. The smallest absolute Gasteiger partial charge is 0.351 e. The van der Waals surface area contributed by atoms with Crippen molar-refractivity contribution >= 4 is 23.9 Å². The van der Waals surface area contributed by atoms with Crippen molar-refractivity contribution in [2.45, 2.75) is 57.4 Å². The van der Waals surface area contributed by atoms with Gasteiger partial charge in [-0.2, -0.15) is 0 Å². The summed E-state index contributed by atoms with van der Waals surface area (Å²) in [5.74, 6) is 0.849. The van der Waals surface area contributed by atoms with E-state index in [4.69, 9.17) is 21.3 Å². The van der Waals surface area contributed by atoms with Gasteiger partial charge in [-0.1, -0.05) is 11.2 Å². The van der Waals surface area contributed by atoms with Crippen LogP contribution in [0.5, 0.6) is 0 Å². The van der Waals surface area contributed by atoms with E-state index in [2.05, 4.69) is 22.6 Å². The molecule has 1 aromatic heterocycles. The molecule has 0 saturated heterocycles. The molecule has 1 saturated carbocycles. The van der Waals surface area contributed by atoms with Crippen LogP contribution < -0.4 is 16.8 Å². The van der Waals surface area contributed by atoms with Crippen LogP contribution in [0.3, 0.4) is 0 Å². The van der Waals surface area contributed by atoms with E-state index < -0.39 is 12.0 Å². The summed E-state index contributed by atoms with van der Waals surface area (Å²) in [7, 11) is 3.48. The Kier molecular flexibility index (Phi) is 10.7. The molecule has 1 amide bonds. The van der Waals surface area contributed by atoms with Crippen LogP contribution in [0, 0.1) is 5.92 Å². The third kappa shape index (κ3) is 8.91. The lowest BCUT2D eigenvalue weighted by molar-refractivity contribution is -0.145. The predicted molar refractivity (Wildman–Crippen MR) is 141 cm³/mol. The van der Waals surface area contributed by atoms with E-state index in [-0.39, 0.29) is 12.5 Å². The normalized spacial score (nSPS) is 16.5. The standard InChI is InChI=1S/C26H41N7O3/c1-32(2)24(34)18-33(14-4-3-7-22-11-10-20-6-5-13-29-25(20)31-22)15-12-23(28)26(35)36-30-17-21(16-27)19-8-9-19/h10-11,16-17,19,23H,3-9,12-15,18,27-28H2,1-2H3,(H,29,31)/b21-16+,30-17+/t23-/m0/s1. The second-order valence-corrected chi connectivity index (χ2v) is 9.84. The van der Waals surface area contributed by atoms with Crippen molar-refractivity contribution in [3.63, 3.8) is 0 Å². The van der Waals surface area contributed by atoms with Gasteiger partial charge in [-0.05, 0) is 87.2 Å². The lowest BCUT2D eigenvalue weighted by Crippen LogP contribution is -2.41. The fourth-order valence-electron chi connectivity index (χ4n) is 4.10. The van der Waals surface area contributed by atoms with Gasteiger partial charge in [-0.15, -0.1) is 0 Å². The van der Waals surface area contributed by atoms with Crippen LogP contribution in [-0.2, 0) is 27.3 Å². The van der Waals surface area contributed by atoms with Crippen LogP contribution in [0.1, 0.15) is 49.8 Å². The molecule has 1 atom stereocenters. The fourth-order valence-corrected chi connectivity index (χ4v) is 4.10. The number of hydrogen-bond donors (Lipinski definition) is 3. The molecule has 36 heavy (non-hydrogen) atoms. The minimum atomic E-state index is -0.822. The van der Waals surface area contributed by atoms with Crippen LogP contribution >= 0.6 is 0 Å². The van der Waals surface area contributed by atoms with Gasteiger partial charge >= 0.3 is 5.97 Å². The number of allylic oxidation sites excluding steroid dienone is 1. The number of carbonyl (C=O) groups excluding carboxylic acids is 2. The molecule has 0 bridgehead atoms. The molecule has 0 aromatic carbocycles. The van der Waals surface area contributed by atoms with Crippen molar-refractivity contribution < 1.29 is 14.4 Å². The Labute approximate surface area is 214 Å². The van der Waals surface area contributed by atoms with Crippen LogP contribution in [0.4, 0.5) is 5.82 Å². The number of nitrogens with zero attached hydrogens (tertiary/aromatic N) is 4. The van der Waals surface area contributed by atoms with Gasteiger partial charge < -0.3 is 26.5 Å². The number of carbonyl (C=O) groups is 2. The summed E-state index contributed by atoms with van der Waals surface area (Å²) in [6, 6.07) is 3.47. The molecule has 10 nitrogen and oxygen atoms in total. The zero-order valence-corrected chi connectivity index (χ0v) is 21.6. The first-order chi connectivity index (χ1) is 17.4. The summed E-state index contributed by atoms with van der Waals surface area (Å²) in [6.07, 6.45) is 10.5. The highest BCUT2D eigenvalue weighted by molar-refractivity contribution is 5.81. The summed E-state index contributed by atoms with van der Waals surface area (Å²) < 4.78 is 0. The molecule has 1 aliphatic carbocycles. The van der Waals surface area contributed by atoms with Gasteiger partial charge in [-0.3, -0.25) is 9.69 Å². The Morgan fingerprint density at radius 3 is 2.81 bits per heavy atom. The highest BCUT2D eigenvalue weighted by atomic mass is 16.7. The van der Waals surface area contributed by atoms with Crippen LogP contribution in [-0.4, -0.2) is 79.2 Å². The topological polar surface area (TPSA) is 139 Å². The molecule has 198 valence electrons. The van der Waals surface area contributed by atoms with Gasteiger partial charge in [0.1, 0.15) is 11.9 Å². The number of aromatic nitrogens is 1. The Morgan fingerprint density at radius 1 is 1.28 bits per heavy atom. The summed E-state index contributed by atoms with van der Waals surface area (Å²) in [4.78, 5) is 37.9. The number of unbranched alkanes of at least 4 members (excludes halogenated alkanes) is 1. The number of anilines is 1. The predicted octanol–water partition coefficient (Wildman–Crippen LogP) is 1.65. The number of oxime groups is 1. The van der Waals surface area contributed by atoms with Gasteiger partial charge in [0.25, 0.3) is 0 Å². The number of amides is 1. The molecule has 3 rings (SSSR count). The summed E-state index contributed by atoms with van der Waals surface area (Å²) in [5, 5.41) is 7.13. The SMILES string of the molecule is CN(C)C(=O)CN(CCCCc1ccc2c(n1)NCCC2)CC[C@H](N)C(=O)O/N=C/C(=C\N)C1CC1. The highest BCUT2D eigenvalue weighted by Gasteiger charge is 2.25. The first-order valence-electron chi connectivity index (χ1n) is 12.9. The monoisotopic (exact) mass is 499 g/mol. The molecule has 10 heteroatoms. The average molecular weight is 500 g/mol. The highest BCUT2D eigenvalue weighted by Crippen LogP contribution is 2.35. The van der Waals surface area contributed by atoms with E-state index in [0.29, 0.717) is 18.9 Å². The average Bonchev–Trinajstić information content (AvgIpc) is 3.72. The van der Waals surface area contributed by atoms with Crippen molar-refractivity contribution in [3.05, 3.63) is 35.2 Å². The van der Waals surface area contributed by atoms with Crippen LogP contribution in [0.2, 0.25) is 0 Å². The first-order valence-corrected chi connectivity index (χ1v) is 12.9. The van der Waals surface area contributed by atoms with Gasteiger partial charge in [-0.25, -0.2) is 9.78 Å². The zero-order valence-electron chi connectivity index (χ0n) is 21.6. The maximum atomic E-state index is 12.3. The molecule has 0 unspecified atom stereocenters. The van der Waals surface area contributed by atoms with Gasteiger partial charge in [0.05, 0.1) is 12.8 Å². The minimum absolute atomic E-state index is 0.0133. The first kappa shape index (κ1) is 27.6. The van der Waals surface area contributed by atoms with Gasteiger partial charge in [0.2, 0.25) is 5.91 Å². The quantitative estimate of drug-likeness (QED) is 0.152. The summed E-state index contributed by atoms with van der Waals surface area (Å²) in [6.45, 7) is 2.50. The van der Waals surface area contributed by atoms with Crippen LogP contribution in [0.25, 0.3) is 0 Å². The molecule has 0 spiro atoms. The maximum Gasteiger partial charge on any atom is 0.351 e.